The van der Waals surface area contributed by atoms with E-state index >= 15 is 0 Å². The third-order valence-corrected chi connectivity index (χ3v) is 3.33. The molecule has 8 heteroatoms. The fourth-order valence-electron chi connectivity index (χ4n) is 1.82. The van der Waals surface area contributed by atoms with Crippen molar-refractivity contribution < 1.29 is 14.8 Å². The van der Waals surface area contributed by atoms with Crippen LogP contribution in [-0.2, 0) is 4.79 Å². The van der Waals surface area contributed by atoms with Gasteiger partial charge in [0.1, 0.15) is 5.41 Å². The van der Waals surface area contributed by atoms with Gasteiger partial charge in [-0.3, -0.25) is 4.79 Å². The summed E-state index contributed by atoms with van der Waals surface area (Å²) < 4.78 is 0. The van der Waals surface area contributed by atoms with E-state index < -0.39 is 5.41 Å². The van der Waals surface area contributed by atoms with Crippen molar-refractivity contribution in [2.75, 3.05) is 27.2 Å². The van der Waals surface area contributed by atoms with Crippen molar-refractivity contribution >= 4 is 17.8 Å². The van der Waals surface area contributed by atoms with Gasteiger partial charge in [0.15, 0.2) is 5.84 Å². The molecule has 0 rings (SSSR count). The minimum Gasteiger partial charge on any atom is -0.409 e. The Labute approximate surface area is 119 Å². The Morgan fingerprint density at radius 2 is 1.70 bits per heavy atom. The normalized spacial score (nSPS) is 11.9. The molecule has 116 valence electrons. The van der Waals surface area contributed by atoms with Gasteiger partial charge in [0.2, 0.25) is 5.91 Å². The molecule has 20 heavy (non-hydrogen) atoms. The number of carbonyl (C=O) groups excluding carboxylic acids is 2. The lowest BCUT2D eigenvalue weighted by Gasteiger charge is -2.28. The van der Waals surface area contributed by atoms with Gasteiger partial charge >= 0.3 is 6.03 Å². The molecule has 8 nitrogen and oxygen atoms in total. The van der Waals surface area contributed by atoms with Gasteiger partial charge in [-0.1, -0.05) is 19.0 Å². The predicted molar refractivity (Wildman–Crippen MR) is 76.5 cm³/mol. The van der Waals surface area contributed by atoms with Crippen LogP contribution in [0.1, 0.15) is 26.7 Å². The van der Waals surface area contributed by atoms with E-state index in [0.717, 1.165) is 0 Å². The Kier molecular flexibility index (Phi) is 7.42. The van der Waals surface area contributed by atoms with Gasteiger partial charge in [0.25, 0.3) is 0 Å². The maximum absolute atomic E-state index is 12.2. The van der Waals surface area contributed by atoms with Crippen molar-refractivity contribution in [3.05, 3.63) is 0 Å². The van der Waals surface area contributed by atoms with E-state index in [2.05, 4.69) is 15.8 Å². The highest BCUT2D eigenvalue weighted by atomic mass is 16.4. The molecule has 0 aliphatic heterocycles. The van der Waals surface area contributed by atoms with E-state index in [1.807, 2.05) is 0 Å². The number of amides is 3. The van der Waals surface area contributed by atoms with Gasteiger partial charge in [-0.2, -0.15) is 0 Å². The van der Waals surface area contributed by atoms with E-state index in [9.17, 15) is 9.59 Å². The average Bonchev–Trinajstić information content (AvgIpc) is 2.44. The summed E-state index contributed by atoms with van der Waals surface area (Å²) in [6.07, 6.45) is 0.852. The molecule has 0 bridgehead atoms. The maximum atomic E-state index is 12.2. The highest BCUT2D eigenvalue weighted by molar-refractivity contribution is 6.06. The molecule has 0 aromatic heterocycles. The first kappa shape index (κ1) is 18.0. The van der Waals surface area contributed by atoms with Gasteiger partial charge in [-0.25, -0.2) is 4.79 Å². The highest BCUT2D eigenvalue weighted by Crippen LogP contribution is 2.26. The molecule has 0 aromatic carbocycles. The Balaban J connectivity index is 4.47. The van der Waals surface area contributed by atoms with E-state index in [1.165, 1.54) is 4.90 Å². The largest absolute Gasteiger partial charge is 0.409 e. The zero-order valence-corrected chi connectivity index (χ0v) is 12.6. The Morgan fingerprint density at radius 3 is 2.10 bits per heavy atom. The van der Waals surface area contributed by atoms with Crippen LogP contribution in [0.5, 0.6) is 0 Å². The third-order valence-electron chi connectivity index (χ3n) is 3.33. The van der Waals surface area contributed by atoms with Crippen LogP contribution in [0.3, 0.4) is 0 Å². The average molecular weight is 287 g/mol. The molecule has 0 aliphatic carbocycles. The van der Waals surface area contributed by atoms with Crippen molar-refractivity contribution in [2.45, 2.75) is 26.7 Å². The lowest BCUT2D eigenvalue weighted by molar-refractivity contribution is -0.127. The molecule has 5 N–H and O–H groups in total. The lowest BCUT2D eigenvalue weighted by atomic mass is 9.80. The van der Waals surface area contributed by atoms with Crippen molar-refractivity contribution in [2.24, 2.45) is 16.3 Å². The first-order valence-corrected chi connectivity index (χ1v) is 6.57. The molecule has 0 aliphatic rings. The van der Waals surface area contributed by atoms with E-state index in [4.69, 9.17) is 10.9 Å². The van der Waals surface area contributed by atoms with Crippen LogP contribution in [0.2, 0.25) is 0 Å². The molecule has 0 spiro atoms. The minimum atomic E-state index is -1.01. The SMILES string of the molecule is CCC(CC)(C(=O)NCCNC(=O)N(C)C)C(N)=NO. The number of hydrogen-bond donors (Lipinski definition) is 4. The molecule has 0 aromatic rings. The minimum absolute atomic E-state index is 0.0997. The molecule has 0 fully saturated rings. The number of nitrogens with two attached hydrogens (primary N) is 1. The summed E-state index contributed by atoms with van der Waals surface area (Å²) in [4.78, 5) is 24.9. The molecule has 3 amide bonds. The summed E-state index contributed by atoms with van der Waals surface area (Å²) in [7, 11) is 3.26. The third kappa shape index (κ3) is 4.29. The standard InChI is InChI=1S/C12H25N5O3/c1-5-12(6-2,9(13)16-20)10(18)14-7-8-15-11(19)17(3)4/h20H,5-8H2,1-4H3,(H2,13,16)(H,14,18)(H,15,19). The Morgan fingerprint density at radius 1 is 1.20 bits per heavy atom. The zero-order chi connectivity index (χ0) is 15.8. The summed E-state index contributed by atoms with van der Waals surface area (Å²) in [6.45, 7) is 4.19. The molecule has 0 radical (unpaired) electrons. The van der Waals surface area contributed by atoms with Gasteiger partial charge in [0.05, 0.1) is 0 Å². The number of amidine groups is 1. The van der Waals surface area contributed by atoms with Crippen molar-refractivity contribution in [3.63, 3.8) is 0 Å². The number of nitrogens with one attached hydrogen (secondary N) is 2. The molecular formula is C12H25N5O3. The van der Waals surface area contributed by atoms with Crippen molar-refractivity contribution in [1.82, 2.24) is 15.5 Å². The zero-order valence-electron chi connectivity index (χ0n) is 12.6. The summed E-state index contributed by atoms with van der Waals surface area (Å²) in [6, 6.07) is -0.229. The molecule has 0 saturated carbocycles. The summed E-state index contributed by atoms with van der Waals surface area (Å²) in [5, 5.41) is 17.1. The van der Waals surface area contributed by atoms with Crippen molar-refractivity contribution in [3.8, 4) is 0 Å². The number of hydrogen-bond acceptors (Lipinski definition) is 4. The molecule has 0 heterocycles. The smallest absolute Gasteiger partial charge is 0.316 e. The van der Waals surface area contributed by atoms with Crippen LogP contribution in [0.25, 0.3) is 0 Å². The number of nitrogens with zero attached hydrogens (tertiary/aromatic N) is 2. The number of urea groups is 1. The lowest BCUT2D eigenvalue weighted by Crippen LogP contribution is -2.50. The Bertz CT molecular complexity index is 364. The van der Waals surface area contributed by atoms with E-state index in [0.29, 0.717) is 19.4 Å². The Hall–Kier alpha value is -1.99. The van der Waals surface area contributed by atoms with Crippen LogP contribution in [0.4, 0.5) is 4.79 Å². The second-order valence-electron chi connectivity index (χ2n) is 4.66. The first-order valence-electron chi connectivity index (χ1n) is 6.57. The number of oxime groups is 1. The topological polar surface area (TPSA) is 120 Å². The monoisotopic (exact) mass is 287 g/mol. The van der Waals surface area contributed by atoms with Gasteiger partial charge in [-0.15, -0.1) is 0 Å². The van der Waals surface area contributed by atoms with E-state index in [1.54, 1.807) is 27.9 Å². The summed E-state index contributed by atoms with van der Waals surface area (Å²) in [5.74, 6) is -0.408. The number of rotatable bonds is 7. The second kappa shape index (κ2) is 8.23. The first-order chi connectivity index (χ1) is 9.35. The van der Waals surface area contributed by atoms with Crippen LogP contribution >= 0.6 is 0 Å². The van der Waals surface area contributed by atoms with Crippen LogP contribution in [0, 0.1) is 5.41 Å². The van der Waals surface area contributed by atoms with Crippen LogP contribution < -0.4 is 16.4 Å². The van der Waals surface area contributed by atoms with E-state index in [-0.39, 0.29) is 24.3 Å². The van der Waals surface area contributed by atoms with Crippen LogP contribution in [0.15, 0.2) is 5.16 Å². The quantitative estimate of drug-likeness (QED) is 0.172. The van der Waals surface area contributed by atoms with Gasteiger partial charge in [0, 0.05) is 27.2 Å². The number of carbonyl (C=O) groups is 2. The van der Waals surface area contributed by atoms with Gasteiger partial charge in [-0.05, 0) is 12.8 Å². The van der Waals surface area contributed by atoms with Crippen molar-refractivity contribution in [1.29, 1.82) is 0 Å². The fourth-order valence-corrected chi connectivity index (χ4v) is 1.82. The predicted octanol–water partition coefficient (Wildman–Crippen LogP) is -0.0734. The van der Waals surface area contributed by atoms with Gasteiger partial charge < -0.3 is 26.5 Å². The second-order valence-corrected chi connectivity index (χ2v) is 4.66. The molecule has 0 atom stereocenters. The van der Waals surface area contributed by atoms with Crippen LogP contribution in [-0.4, -0.2) is 55.1 Å². The maximum Gasteiger partial charge on any atom is 0.316 e. The highest BCUT2D eigenvalue weighted by Gasteiger charge is 2.39. The molecular weight excluding hydrogens is 262 g/mol. The summed E-state index contributed by atoms with van der Waals surface area (Å²) >= 11 is 0. The fraction of sp³-hybridized carbons (Fsp3) is 0.750. The molecule has 0 saturated heterocycles. The summed E-state index contributed by atoms with van der Waals surface area (Å²) in [5.41, 5.74) is 4.62. The molecule has 0 unspecified atom stereocenters.